The van der Waals surface area contributed by atoms with Crippen molar-refractivity contribution in [2.24, 2.45) is 0 Å². The fourth-order valence-electron chi connectivity index (χ4n) is 1.35. The average Bonchev–Trinajstić information content (AvgIpc) is 2.69. The molecule has 2 rings (SSSR count). The predicted molar refractivity (Wildman–Crippen MR) is 71.1 cm³/mol. The molecular formula is C11H5BrCl2F2S. The summed E-state index contributed by atoms with van der Waals surface area (Å²) in [6.45, 7) is 0. The average molecular weight is 358 g/mol. The van der Waals surface area contributed by atoms with Gasteiger partial charge in [0, 0.05) is 10.4 Å². The molecule has 0 aliphatic rings. The zero-order chi connectivity index (χ0) is 12.6. The quantitative estimate of drug-likeness (QED) is 0.472. The monoisotopic (exact) mass is 356 g/mol. The van der Waals surface area contributed by atoms with Crippen molar-refractivity contribution in [3.05, 3.63) is 55.1 Å². The summed E-state index contributed by atoms with van der Waals surface area (Å²) in [4.78, 5) is 0.678. The largest absolute Gasteiger partial charge is 0.207 e. The molecule has 1 unspecified atom stereocenters. The first-order valence-corrected chi connectivity index (χ1v) is 6.95. The van der Waals surface area contributed by atoms with Crippen LogP contribution in [-0.2, 0) is 0 Å². The SMILES string of the molecule is Fc1cc(C(Cl)c2ccc(Cl)s2)c(F)cc1Br. The van der Waals surface area contributed by atoms with E-state index in [0.29, 0.717) is 9.21 Å². The van der Waals surface area contributed by atoms with Gasteiger partial charge in [-0.25, -0.2) is 8.78 Å². The maximum atomic E-state index is 13.7. The molecule has 1 atom stereocenters. The van der Waals surface area contributed by atoms with Crippen LogP contribution in [0.2, 0.25) is 4.34 Å². The van der Waals surface area contributed by atoms with Gasteiger partial charge in [0.1, 0.15) is 11.6 Å². The van der Waals surface area contributed by atoms with Crippen LogP contribution >= 0.6 is 50.5 Å². The summed E-state index contributed by atoms with van der Waals surface area (Å²) < 4.78 is 27.6. The van der Waals surface area contributed by atoms with Crippen molar-refractivity contribution in [2.75, 3.05) is 0 Å². The summed E-state index contributed by atoms with van der Waals surface area (Å²) in [6.07, 6.45) is 0. The second kappa shape index (κ2) is 5.22. The third-order valence-corrected chi connectivity index (χ3v) is 4.66. The van der Waals surface area contributed by atoms with Gasteiger partial charge in [0.25, 0.3) is 0 Å². The van der Waals surface area contributed by atoms with Crippen LogP contribution in [-0.4, -0.2) is 0 Å². The Morgan fingerprint density at radius 1 is 1.18 bits per heavy atom. The van der Waals surface area contributed by atoms with E-state index in [4.69, 9.17) is 23.2 Å². The second-order valence-corrected chi connectivity index (χ2v) is 6.33. The Labute approximate surface area is 119 Å². The van der Waals surface area contributed by atoms with Crippen molar-refractivity contribution in [3.63, 3.8) is 0 Å². The molecule has 90 valence electrons. The Balaban J connectivity index is 2.43. The van der Waals surface area contributed by atoms with Gasteiger partial charge in [0.05, 0.1) is 14.2 Å². The van der Waals surface area contributed by atoms with Crippen molar-refractivity contribution < 1.29 is 8.78 Å². The highest BCUT2D eigenvalue weighted by atomic mass is 79.9. The standard InChI is InChI=1S/C11H5BrCl2F2S/c12-6-4-7(15)5(3-8(6)16)11(14)9-1-2-10(13)17-9/h1-4,11H. The third-order valence-electron chi connectivity index (χ3n) is 2.16. The zero-order valence-corrected chi connectivity index (χ0v) is 12.1. The summed E-state index contributed by atoms with van der Waals surface area (Å²) in [5.74, 6) is -1.10. The molecule has 0 N–H and O–H groups in total. The number of hydrogen-bond donors (Lipinski definition) is 0. The first kappa shape index (κ1) is 13.3. The number of benzene rings is 1. The molecule has 0 radical (unpaired) electrons. The molecule has 1 aromatic heterocycles. The summed E-state index contributed by atoms with van der Waals surface area (Å²) in [7, 11) is 0. The topological polar surface area (TPSA) is 0 Å². The van der Waals surface area contributed by atoms with Crippen LogP contribution in [0.5, 0.6) is 0 Å². The van der Waals surface area contributed by atoms with Crippen LogP contribution in [0, 0.1) is 11.6 Å². The van der Waals surface area contributed by atoms with Crippen molar-refractivity contribution >= 4 is 50.5 Å². The minimum atomic E-state index is -0.741. The smallest absolute Gasteiger partial charge is 0.137 e. The second-order valence-electron chi connectivity index (χ2n) is 3.29. The molecular weight excluding hydrogens is 353 g/mol. The van der Waals surface area contributed by atoms with Crippen LogP contribution in [0.25, 0.3) is 0 Å². The van der Waals surface area contributed by atoms with Gasteiger partial charge in [-0.05, 0) is 40.2 Å². The minimum Gasteiger partial charge on any atom is -0.207 e. The van der Waals surface area contributed by atoms with Crippen LogP contribution in [0.4, 0.5) is 8.78 Å². The summed E-state index contributed by atoms with van der Waals surface area (Å²) in [5.41, 5.74) is 0.103. The van der Waals surface area contributed by atoms with E-state index < -0.39 is 17.0 Å². The number of halogens is 5. The molecule has 0 amide bonds. The summed E-state index contributed by atoms with van der Waals surface area (Å²) in [5, 5.41) is -0.741. The van der Waals surface area contributed by atoms with Gasteiger partial charge < -0.3 is 0 Å². The Kier molecular flexibility index (Phi) is 4.08. The number of hydrogen-bond acceptors (Lipinski definition) is 1. The van der Waals surface area contributed by atoms with Gasteiger partial charge in [-0.3, -0.25) is 0 Å². The van der Waals surface area contributed by atoms with Gasteiger partial charge in [0.15, 0.2) is 0 Å². The van der Waals surface area contributed by atoms with E-state index in [9.17, 15) is 8.78 Å². The molecule has 1 heterocycles. The minimum absolute atomic E-state index is 0.0758. The van der Waals surface area contributed by atoms with Crippen molar-refractivity contribution in [1.82, 2.24) is 0 Å². The molecule has 0 bridgehead atoms. The third kappa shape index (κ3) is 2.81. The van der Waals surface area contributed by atoms with E-state index in [1.807, 2.05) is 0 Å². The van der Waals surface area contributed by atoms with Gasteiger partial charge in [-0.15, -0.1) is 22.9 Å². The maximum Gasteiger partial charge on any atom is 0.137 e. The first-order chi connectivity index (χ1) is 7.99. The van der Waals surface area contributed by atoms with E-state index in [1.54, 1.807) is 12.1 Å². The lowest BCUT2D eigenvalue weighted by Crippen LogP contribution is -1.97. The van der Waals surface area contributed by atoms with Crippen LogP contribution in [0.3, 0.4) is 0 Å². The van der Waals surface area contributed by atoms with E-state index in [1.165, 1.54) is 11.3 Å². The van der Waals surface area contributed by atoms with Crippen LogP contribution < -0.4 is 0 Å². The van der Waals surface area contributed by atoms with E-state index in [0.717, 1.165) is 12.1 Å². The van der Waals surface area contributed by atoms with Crippen molar-refractivity contribution in [3.8, 4) is 0 Å². The lowest BCUT2D eigenvalue weighted by atomic mass is 10.1. The first-order valence-electron chi connectivity index (χ1n) is 4.53. The lowest BCUT2D eigenvalue weighted by molar-refractivity contribution is 0.582. The molecule has 0 saturated heterocycles. The molecule has 0 aliphatic carbocycles. The Morgan fingerprint density at radius 2 is 1.88 bits per heavy atom. The Morgan fingerprint density at radius 3 is 2.47 bits per heavy atom. The fraction of sp³-hybridized carbons (Fsp3) is 0.0909. The van der Waals surface area contributed by atoms with Crippen molar-refractivity contribution in [2.45, 2.75) is 5.38 Å². The predicted octanol–water partition coefficient (Wildman–Crippen LogP) is 5.77. The highest BCUT2D eigenvalue weighted by Crippen LogP contribution is 2.37. The van der Waals surface area contributed by atoms with Crippen LogP contribution in [0.1, 0.15) is 15.8 Å². The highest BCUT2D eigenvalue weighted by molar-refractivity contribution is 9.10. The molecule has 6 heteroatoms. The van der Waals surface area contributed by atoms with Gasteiger partial charge in [-0.2, -0.15) is 0 Å². The van der Waals surface area contributed by atoms with E-state index in [2.05, 4.69) is 15.9 Å². The maximum absolute atomic E-state index is 13.7. The number of thiophene rings is 1. The molecule has 0 spiro atoms. The summed E-state index contributed by atoms with van der Waals surface area (Å²) in [6, 6.07) is 5.52. The van der Waals surface area contributed by atoms with Gasteiger partial charge >= 0.3 is 0 Å². The van der Waals surface area contributed by atoms with E-state index in [-0.39, 0.29) is 10.0 Å². The number of rotatable bonds is 2. The molecule has 0 fully saturated rings. The zero-order valence-electron chi connectivity index (χ0n) is 8.18. The summed E-state index contributed by atoms with van der Waals surface area (Å²) >= 11 is 16.0. The lowest BCUT2D eigenvalue weighted by Gasteiger charge is -2.09. The Bertz CT molecular complexity index is 556. The molecule has 2 aromatic rings. The number of alkyl halides is 1. The molecule has 17 heavy (non-hydrogen) atoms. The molecule has 0 aliphatic heterocycles. The Hall–Kier alpha value is -0.160. The highest BCUT2D eigenvalue weighted by Gasteiger charge is 2.19. The molecule has 1 aromatic carbocycles. The normalized spacial score (nSPS) is 12.8. The van der Waals surface area contributed by atoms with Gasteiger partial charge in [-0.1, -0.05) is 11.6 Å². The molecule has 0 nitrogen and oxygen atoms in total. The van der Waals surface area contributed by atoms with E-state index >= 15 is 0 Å². The van der Waals surface area contributed by atoms with Crippen LogP contribution in [0.15, 0.2) is 28.7 Å². The fourth-order valence-corrected chi connectivity index (χ4v) is 3.10. The molecule has 0 saturated carbocycles. The van der Waals surface area contributed by atoms with Gasteiger partial charge in [0.2, 0.25) is 0 Å². The van der Waals surface area contributed by atoms with Crippen molar-refractivity contribution in [1.29, 1.82) is 0 Å².